The third-order valence-electron chi connectivity index (χ3n) is 3.58. The van der Waals surface area contributed by atoms with Crippen molar-refractivity contribution >= 4 is 62.6 Å². The fourth-order valence-corrected chi connectivity index (χ4v) is 3.92. The third-order valence-corrected chi connectivity index (χ3v) is 5.10. The molecule has 0 fully saturated rings. The van der Waals surface area contributed by atoms with Crippen molar-refractivity contribution in [3.05, 3.63) is 37.6 Å². The highest BCUT2D eigenvalue weighted by molar-refractivity contribution is 9.11. The van der Waals surface area contributed by atoms with Gasteiger partial charge in [0.1, 0.15) is 0 Å². The van der Waals surface area contributed by atoms with Crippen molar-refractivity contribution < 1.29 is 0 Å². The minimum atomic E-state index is 0. The summed E-state index contributed by atoms with van der Waals surface area (Å²) in [5, 5.41) is 0. The molecule has 0 spiro atoms. The van der Waals surface area contributed by atoms with E-state index in [9.17, 15) is 0 Å². The largest absolute Gasteiger partial charge is 0.398 e. The van der Waals surface area contributed by atoms with Gasteiger partial charge in [0.25, 0.3) is 0 Å². The maximum absolute atomic E-state index is 6.13. The van der Waals surface area contributed by atoms with E-state index in [4.69, 9.17) is 5.73 Å². The SMILES string of the molecule is CN(Cc1cc(Br)cc(Br)c1N)C1CC=C(S)CC1.Cl. The van der Waals surface area contributed by atoms with Gasteiger partial charge in [0.15, 0.2) is 0 Å². The van der Waals surface area contributed by atoms with Crippen LogP contribution in [-0.2, 0) is 6.54 Å². The van der Waals surface area contributed by atoms with Crippen LogP contribution in [0.15, 0.2) is 32.1 Å². The van der Waals surface area contributed by atoms with Crippen LogP contribution >= 0.6 is 56.9 Å². The lowest BCUT2D eigenvalue weighted by Crippen LogP contribution is -2.32. The van der Waals surface area contributed by atoms with Crippen molar-refractivity contribution in [3.63, 3.8) is 0 Å². The van der Waals surface area contributed by atoms with Crippen LogP contribution in [0, 0.1) is 0 Å². The van der Waals surface area contributed by atoms with Crippen molar-refractivity contribution in [1.82, 2.24) is 4.90 Å². The molecule has 1 aromatic rings. The number of nitrogens with zero attached hydrogens (tertiary/aromatic N) is 1. The molecular weight excluding hydrogens is 423 g/mol. The van der Waals surface area contributed by atoms with Gasteiger partial charge in [-0.05, 0) is 64.8 Å². The van der Waals surface area contributed by atoms with Crippen molar-refractivity contribution in [2.24, 2.45) is 0 Å². The number of thiol groups is 1. The van der Waals surface area contributed by atoms with E-state index < -0.39 is 0 Å². The summed E-state index contributed by atoms with van der Waals surface area (Å²) in [6, 6.07) is 4.65. The monoisotopic (exact) mass is 440 g/mol. The Balaban J connectivity index is 0.00000200. The Bertz CT molecular complexity index is 508. The molecule has 1 aliphatic rings. The summed E-state index contributed by atoms with van der Waals surface area (Å²) in [5.74, 6) is 0. The molecule has 1 unspecified atom stereocenters. The number of rotatable bonds is 3. The molecule has 0 amide bonds. The van der Waals surface area contributed by atoms with Crippen molar-refractivity contribution in [1.29, 1.82) is 0 Å². The molecule has 2 N–H and O–H groups in total. The molecule has 2 rings (SSSR count). The Morgan fingerprint density at radius 3 is 2.70 bits per heavy atom. The fraction of sp³-hybridized carbons (Fsp3) is 0.429. The van der Waals surface area contributed by atoms with E-state index in [2.05, 4.69) is 68.6 Å². The summed E-state index contributed by atoms with van der Waals surface area (Å²) in [7, 11) is 2.16. The maximum Gasteiger partial charge on any atom is 0.0504 e. The normalized spacial score (nSPS) is 18.6. The molecule has 0 aliphatic heterocycles. The van der Waals surface area contributed by atoms with E-state index in [1.807, 2.05) is 6.07 Å². The van der Waals surface area contributed by atoms with Gasteiger partial charge in [-0.25, -0.2) is 0 Å². The Labute approximate surface area is 149 Å². The zero-order valence-electron chi connectivity index (χ0n) is 11.3. The average Bonchev–Trinajstić information content (AvgIpc) is 2.36. The molecule has 0 heterocycles. The third kappa shape index (κ3) is 4.67. The summed E-state index contributed by atoms with van der Waals surface area (Å²) in [4.78, 5) is 3.59. The summed E-state index contributed by atoms with van der Waals surface area (Å²) in [6.45, 7) is 0.865. The standard InChI is InChI=1S/C14H18Br2N2S.ClH/c1-18(11-2-4-12(19)5-3-11)8-9-6-10(15)7-13(16)14(9)17;/h4,6-7,11,19H,2-3,5,8,17H2,1H3;1H. The molecule has 1 aromatic carbocycles. The van der Waals surface area contributed by atoms with Gasteiger partial charge in [0, 0.05) is 21.5 Å². The number of anilines is 1. The highest BCUT2D eigenvalue weighted by Crippen LogP contribution is 2.30. The smallest absolute Gasteiger partial charge is 0.0504 e. The second-order valence-electron chi connectivity index (χ2n) is 5.00. The zero-order valence-corrected chi connectivity index (χ0v) is 16.2. The Morgan fingerprint density at radius 1 is 1.40 bits per heavy atom. The summed E-state index contributed by atoms with van der Waals surface area (Å²) in [5.41, 5.74) is 8.12. The summed E-state index contributed by atoms with van der Waals surface area (Å²) >= 11 is 11.4. The first-order valence-corrected chi connectivity index (χ1v) is 8.32. The average molecular weight is 443 g/mol. The van der Waals surface area contributed by atoms with Gasteiger partial charge in [-0.3, -0.25) is 4.90 Å². The second-order valence-corrected chi connectivity index (χ2v) is 7.34. The van der Waals surface area contributed by atoms with Crippen LogP contribution in [-0.4, -0.2) is 18.0 Å². The van der Waals surface area contributed by atoms with Gasteiger partial charge in [-0.1, -0.05) is 22.0 Å². The first kappa shape index (κ1) is 18.4. The molecule has 0 saturated heterocycles. The molecule has 20 heavy (non-hydrogen) atoms. The molecule has 112 valence electrons. The summed E-state index contributed by atoms with van der Waals surface area (Å²) in [6.07, 6.45) is 5.55. The van der Waals surface area contributed by atoms with Crippen LogP contribution in [0.1, 0.15) is 24.8 Å². The van der Waals surface area contributed by atoms with Crippen LogP contribution in [0.5, 0.6) is 0 Å². The highest BCUT2D eigenvalue weighted by Gasteiger charge is 2.18. The lowest BCUT2D eigenvalue weighted by molar-refractivity contribution is 0.219. The van der Waals surface area contributed by atoms with Gasteiger partial charge < -0.3 is 5.73 Å². The van der Waals surface area contributed by atoms with E-state index >= 15 is 0 Å². The predicted octanol–water partition coefficient (Wildman–Crippen LogP) is 5.01. The number of halogens is 3. The van der Waals surface area contributed by atoms with Gasteiger partial charge in [-0.2, -0.15) is 0 Å². The molecule has 0 saturated carbocycles. The van der Waals surface area contributed by atoms with Crippen LogP contribution in [0.25, 0.3) is 0 Å². The quantitative estimate of drug-likeness (QED) is 0.509. The van der Waals surface area contributed by atoms with E-state index in [1.165, 1.54) is 11.3 Å². The lowest BCUT2D eigenvalue weighted by atomic mass is 10.00. The van der Waals surface area contributed by atoms with Crippen LogP contribution in [0.3, 0.4) is 0 Å². The predicted molar refractivity (Wildman–Crippen MR) is 99.7 cm³/mol. The van der Waals surface area contributed by atoms with Crippen LogP contribution in [0.4, 0.5) is 5.69 Å². The first-order chi connectivity index (χ1) is 8.97. The van der Waals surface area contributed by atoms with Crippen molar-refractivity contribution in [2.45, 2.75) is 31.8 Å². The van der Waals surface area contributed by atoms with Crippen LogP contribution in [0.2, 0.25) is 0 Å². The minimum Gasteiger partial charge on any atom is -0.398 e. The molecule has 0 bridgehead atoms. The Morgan fingerprint density at radius 2 is 2.10 bits per heavy atom. The molecule has 6 heteroatoms. The van der Waals surface area contributed by atoms with Gasteiger partial charge >= 0.3 is 0 Å². The Hall–Kier alpha value is 0.320. The second kappa shape index (κ2) is 8.08. The van der Waals surface area contributed by atoms with E-state index in [-0.39, 0.29) is 12.4 Å². The number of allylic oxidation sites excluding steroid dienone is 1. The van der Waals surface area contributed by atoms with Gasteiger partial charge in [0.05, 0.1) is 5.69 Å². The summed E-state index contributed by atoms with van der Waals surface area (Å²) < 4.78 is 2.00. The number of hydrogen-bond donors (Lipinski definition) is 2. The maximum atomic E-state index is 6.13. The van der Waals surface area contributed by atoms with Crippen molar-refractivity contribution in [3.8, 4) is 0 Å². The number of nitrogens with two attached hydrogens (primary N) is 1. The van der Waals surface area contributed by atoms with E-state index in [0.29, 0.717) is 6.04 Å². The number of nitrogen functional groups attached to an aromatic ring is 1. The molecule has 1 aliphatic carbocycles. The molecule has 1 atom stereocenters. The molecule has 2 nitrogen and oxygen atoms in total. The first-order valence-electron chi connectivity index (χ1n) is 6.29. The van der Waals surface area contributed by atoms with E-state index in [0.717, 1.165) is 39.6 Å². The van der Waals surface area contributed by atoms with Crippen LogP contribution < -0.4 is 5.73 Å². The molecular formula is C14H19Br2ClN2S. The Kier molecular flexibility index (Phi) is 7.43. The fourth-order valence-electron chi connectivity index (χ4n) is 2.37. The minimum absolute atomic E-state index is 0. The zero-order chi connectivity index (χ0) is 14.0. The number of hydrogen-bond acceptors (Lipinski definition) is 3. The topological polar surface area (TPSA) is 29.3 Å². The number of benzene rings is 1. The lowest BCUT2D eigenvalue weighted by Gasteiger charge is -2.30. The van der Waals surface area contributed by atoms with Gasteiger partial charge in [-0.15, -0.1) is 25.0 Å². The van der Waals surface area contributed by atoms with E-state index in [1.54, 1.807) is 0 Å². The van der Waals surface area contributed by atoms with Gasteiger partial charge in [0.2, 0.25) is 0 Å². The molecule has 0 aromatic heterocycles. The highest BCUT2D eigenvalue weighted by atomic mass is 79.9. The van der Waals surface area contributed by atoms with Crippen molar-refractivity contribution in [2.75, 3.05) is 12.8 Å². The molecule has 0 radical (unpaired) electrons.